The molecule has 2 rings (SSSR count). The number of hydrogen-bond acceptors (Lipinski definition) is 3. The zero-order chi connectivity index (χ0) is 12.6. The lowest BCUT2D eigenvalue weighted by Crippen LogP contribution is -2.32. The van der Waals surface area contributed by atoms with E-state index < -0.39 is 0 Å². The van der Waals surface area contributed by atoms with Gasteiger partial charge in [-0.2, -0.15) is 5.10 Å². The van der Waals surface area contributed by atoms with Crippen molar-refractivity contribution in [2.24, 2.45) is 0 Å². The van der Waals surface area contributed by atoms with Gasteiger partial charge in [-0.25, -0.2) is 9.50 Å². The minimum atomic E-state index is 0.00292. The predicted octanol–water partition coefficient (Wildman–Crippen LogP) is 1.52. The van der Waals surface area contributed by atoms with E-state index in [2.05, 4.69) is 10.1 Å². The second-order valence-electron chi connectivity index (χ2n) is 4.41. The summed E-state index contributed by atoms with van der Waals surface area (Å²) >= 11 is 0. The molecule has 0 saturated heterocycles. The van der Waals surface area contributed by atoms with Crippen LogP contribution in [-0.4, -0.2) is 38.5 Å². The molecule has 2 aromatic heterocycles. The van der Waals surface area contributed by atoms with Crippen LogP contribution in [-0.2, 0) is 0 Å². The predicted molar refractivity (Wildman–Crippen MR) is 65.0 cm³/mol. The van der Waals surface area contributed by atoms with Gasteiger partial charge in [0.25, 0.3) is 5.91 Å². The maximum atomic E-state index is 12.1. The summed E-state index contributed by atoms with van der Waals surface area (Å²) < 4.78 is 1.68. The second kappa shape index (κ2) is 4.16. The number of hydrogen-bond donors (Lipinski definition) is 0. The summed E-state index contributed by atoms with van der Waals surface area (Å²) in [5.74, 6) is 0.687. The fourth-order valence-corrected chi connectivity index (χ4v) is 1.55. The molecule has 5 nitrogen and oxygen atoms in total. The van der Waals surface area contributed by atoms with Crippen molar-refractivity contribution in [2.75, 3.05) is 7.05 Å². The molecule has 90 valence electrons. The van der Waals surface area contributed by atoms with Crippen LogP contribution in [0.15, 0.2) is 18.5 Å². The van der Waals surface area contributed by atoms with Gasteiger partial charge >= 0.3 is 0 Å². The van der Waals surface area contributed by atoms with Crippen LogP contribution in [0.3, 0.4) is 0 Å². The Bertz CT molecular complexity index is 559. The van der Waals surface area contributed by atoms with E-state index in [0.717, 1.165) is 5.52 Å². The topological polar surface area (TPSA) is 50.5 Å². The molecular formula is C12H16N4O. The largest absolute Gasteiger partial charge is 0.339 e. The van der Waals surface area contributed by atoms with Crippen molar-refractivity contribution in [1.82, 2.24) is 19.5 Å². The maximum Gasteiger partial charge on any atom is 0.255 e. The first kappa shape index (κ1) is 11.6. The first-order chi connectivity index (χ1) is 7.99. The molecule has 2 heterocycles. The lowest BCUT2D eigenvalue weighted by molar-refractivity contribution is 0.0755. The summed E-state index contributed by atoms with van der Waals surface area (Å²) in [6, 6.07) is 1.99. The second-order valence-corrected chi connectivity index (χ2v) is 4.41. The van der Waals surface area contributed by atoms with Gasteiger partial charge in [-0.3, -0.25) is 4.79 Å². The lowest BCUT2D eigenvalue weighted by atomic mass is 10.2. The van der Waals surface area contributed by atoms with Gasteiger partial charge in [0.2, 0.25) is 0 Å². The van der Waals surface area contributed by atoms with Crippen LogP contribution < -0.4 is 0 Å². The molecule has 1 amide bonds. The van der Waals surface area contributed by atoms with Crippen LogP contribution in [0.4, 0.5) is 0 Å². The molecule has 2 aromatic rings. The number of aryl methyl sites for hydroxylation is 1. The van der Waals surface area contributed by atoms with Crippen molar-refractivity contribution in [3.8, 4) is 0 Å². The third kappa shape index (κ3) is 2.13. The Labute approximate surface area is 100 Å². The SMILES string of the molecule is Cc1ncc2cc(C(=O)N(C)C(C)C)cn2n1. The van der Waals surface area contributed by atoms with E-state index in [4.69, 9.17) is 0 Å². The summed E-state index contributed by atoms with van der Waals surface area (Å²) in [7, 11) is 1.80. The summed E-state index contributed by atoms with van der Waals surface area (Å²) in [6.07, 6.45) is 3.46. The smallest absolute Gasteiger partial charge is 0.255 e. The van der Waals surface area contributed by atoms with Crippen LogP contribution >= 0.6 is 0 Å². The first-order valence-electron chi connectivity index (χ1n) is 5.58. The number of carbonyl (C=O) groups is 1. The Kier molecular flexibility index (Phi) is 2.83. The number of carbonyl (C=O) groups excluding carboxylic acids is 1. The van der Waals surface area contributed by atoms with E-state index in [1.54, 1.807) is 34.9 Å². The molecule has 0 aliphatic heterocycles. The number of fused-ring (bicyclic) bond motifs is 1. The van der Waals surface area contributed by atoms with E-state index in [1.807, 2.05) is 20.8 Å². The first-order valence-corrected chi connectivity index (χ1v) is 5.58. The Morgan fingerprint density at radius 1 is 1.47 bits per heavy atom. The summed E-state index contributed by atoms with van der Waals surface area (Å²) in [6.45, 7) is 5.79. The van der Waals surface area contributed by atoms with Crippen LogP contribution in [0.5, 0.6) is 0 Å². The molecule has 0 radical (unpaired) electrons. The molecule has 0 fully saturated rings. The summed E-state index contributed by atoms with van der Waals surface area (Å²) in [5, 5.41) is 4.22. The maximum absolute atomic E-state index is 12.1. The van der Waals surface area contributed by atoms with Crippen molar-refractivity contribution in [1.29, 1.82) is 0 Å². The van der Waals surface area contributed by atoms with Crippen molar-refractivity contribution >= 4 is 11.4 Å². The molecule has 0 atom stereocenters. The van der Waals surface area contributed by atoms with Gasteiger partial charge in [0.1, 0.15) is 5.82 Å². The van der Waals surface area contributed by atoms with Crippen molar-refractivity contribution in [2.45, 2.75) is 26.8 Å². The highest BCUT2D eigenvalue weighted by atomic mass is 16.2. The minimum Gasteiger partial charge on any atom is -0.339 e. The highest BCUT2D eigenvalue weighted by Crippen LogP contribution is 2.11. The van der Waals surface area contributed by atoms with Crippen LogP contribution in [0.25, 0.3) is 5.52 Å². The Morgan fingerprint density at radius 3 is 2.82 bits per heavy atom. The van der Waals surface area contributed by atoms with E-state index in [1.165, 1.54) is 0 Å². The van der Waals surface area contributed by atoms with E-state index in [-0.39, 0.29) is 11.9 Å². The summed E-state index contributed by atoms with van der Waals surface area (Å²) in [4.78, 5) is 17.9. The molecule has 0 bridgehead atoms. The molecule has 0 unspecified atom stereocenters. The van der Waals surface area contributed by atoms with Gasteiger partial charge in [-0.15, -0.1) is 0 Å². The Balaban J connectivity index is 2.40. The number of amides is 1. The normalized spacial score (nSPS) is 11.1. The van der Waals surface area contributed by atoms with E-state index in [9.17, 15) is 4.79 Å². The zero-order valence-electron chi connectivity index (χ0n) is 10.5. The lowest BCUT2D eigenvalue weighted by Gasteiger charge is -2.20. The third-order valence-corrected chi connectivity index (χ3v) is 2.81. The fourth-order valence-electron chi connectivity index (χ4n) is 1.55. The van der Waals surface area contributed by atoms with Gasteiger partial charge in [0, 0.05) is 19.3 Å². The zero-order valence-corrected chi connectivity index (χ0v) is 10.5. The van der Waals surface area contributed by atoms with Gasteiger partial charge in [-0.05, 0) is 26.8 Å². The standard InChI is InChI=1S/C12H16N4O/c1-8(2)15(4)12(17)10-5-11-6-13-9(3)14-16(11)7-10/h5-8H,1-4H3. The molecule has 0 aliphatic rings. The molecule has 0 saturated carbocycles. The van der Waals surface area contributed by atoms with Crippen molar-refractivity contribution < 1.29 is 4.79 Å². The average molecular weight is 232 g/mol. The molecular weight excluding hydrogens is 216 g/mol. The van der Waals surface area contributed by atoms with Crippen molar-refractivity contribution in [3.63, 3.8) is 0 Å². The Morgan fingerprint density at radius 2 is 2.18 bits per heavy atom. The average Bonchev–Trinajstić information content (AvgIpc) is 2.69. The number of nitrogens with zero attached hydrogens (tertiary/aromatic N) is 4. The highest BCUT2D eigenvalue weighted by Gasteiger charge is 2.16. The fraction of sp³-hybridized carbons (Fsp3) is 0.417. The number of aromatic nitrogens is 3. The van der Waals surface area contributed by atoms with Crippen LogP contribution in [0.2, 0.25) is 0 Å². The van der Waals surface area contributed by atoms with Crippen LogP contribution in [0, 0.1) is 6.92 Å². The minimum absolute atomic E-state index is 0.00292. The van der Waals surface area contributed by atoms with Gasteiger partial charge in [0.15, 0.2) is 0 Å². The summed E-state index contributed by atoms with van der Waals surface area (Å²) in [5.41, 5.74) is 1.47. The molecule has 17 heavy (non-hydrogen) atoms. The number of rotatable bonds is 2. The molecule has 0 aliphatic carbocycles. The molecule has 0 N–H and O–H groups in total. The van der Waals surface area contributed by atoms with Crippen molar-refractivity contribution in [3.05, 3.63) is 29.8 Å². The molecule has 0 spiro atoms. The molecule has 0 aromatic carbocycles. The van der Waals surface area contributed by atoms with Gasteiger partial charge in [-0.1, -0.05) is 0 Å². The highest BCUT2D eigenvalue weighted by molar-refractivity contribution is 5.95. The monoisotopic (exact) mass is 232 g/mol. The molecule has 5 heteroatoms. The Hall–Kier alpha value is -1.91. The van der Waals surface area contributed by atoms with E-state index >= 15 is 0 Å². The quantitative estimate of drug-likeness (QED) is 0.788. The van der Waals surface area contributed by atoms with Gasteiger partial charge in [0.05, 0.1) is 17.3 Å². The van der Waals surface area contributed by atoms with E-state index in [0.29, 0.717) is 11.4 Å². The van der Waals surface area contributed by atoms with Crippen LogP contribution in [0.1, 0.15) is 30.0 Å². The third-order valence-electron chi connectivity index (χ3n) is 2.81. The van der Waals surface area contributed by atoms with Gasteiger partial charge < -0.3 is 4.90 Å².